The van der Waals surface area contributed by atoms with Gasteiger partial charge in [-0.05, 0) is 24.3 Å². The first-order valence-corrected chi connectivity index (χ1v) is 10.9. The summed E-state index contributed by atoms with van der Waals surface area (Å²) in [4.78, 5) is 6.29. The fourth-order valence-corrected chi connectivity index (χ4v) is 5.32. The van der Waals surface area contributed by atoms with Crippen molar-refractivity contribution in [3.05, 3.63) is 59.3 Å². The normalized spacial score (nSPS) is 16.5. The highest BCUT2D eigenvalue weighted by Crippen LogP contribution is 2.25. The zero-order valence-corrected chi connectivity index (χ0v) is 16.3. The van der Waals surface area contributed by atoms with Gasteiger partial charge in [0.1, 0.15) is 11.6 Å². The van der Waals surface area contributed by atoms with Crippen LogP contribution in [0.15, 0.2) is 51.3 Å². The standard InChI is InChI=1S/C18H17F2N3O3S2/c19-13-8-14(20)10-16(9-13)28(24,25)23-5-3-22(4-6-23)11-15-12-27-18(21-15)17-2-1-7-26-17/h1-2,7-10,12H,3-6,11H2. The molecule has 1 fully saturated rings. The molecule has 3 aromatic rings. The lowest BCUT2D eigenvalue weighted by Gasteiger charge is -2.33. The van der Waals surface area contributed by atoms with Crippen molar-refractivity contribution in [3.63, 3.8) is 0 Å². The maximum absolute atomic E-state index is 13.4. The van der Waals surface area contributed by atoms with Crippen LogP contribution in [0.2, 0.25) is 0 Å². The van der Waals surface area contributed by atoms with Crippen LogP contribution in [0, 0.1) is 11.6 Å². The van der Waals surface area contributed by atoms with E-state index in [1.54, 1.807) is 12.3 Å². The second-order valence-electron chi connectivity index (χ2n) is 6.41. The quantitative estimate of drug-likeness (QED) is 0.628. The van der Waals surface area contributed by atoms with Gasteiger partial charge in [-0.25, -0.2) is 22.2 Å². The van der Waals surface area contributed by atoms with Crippen molar-refractivity contribution in [2.24, 2.45) is 0 Å². The molecule has 6 nitrogen and oxygen atoms in total. The summed E-state index contributed by atoms with van der Waals surface area (Å²) < 4.78 is 58.7. The molecule has 10 heteroatoms. The van der Waals surface area contributed by atoms with E-state index in [4.69, 9.17) is 4.42 Å². The summed E-state index contributed by atoms with van der Waals surface area (Å²) >= 11 is 1.49. The van der Waals surface area contributed by atoms with Crippen LogP contribution >= 0.6 is 11.3 Å². The van der Waals surface area contributed by atoms with Gasteiger partial charge in [0, 0.05) is 44.2 Å². The smallest absolute Gasteiger partial charge is 0.243 e. The summed E-state index contributed by atoms with van der Waals surface area (Å²) in [6.07, 6.45) is 1.60. The molecule has 0 N–H and O–H groups in total. The summed E-state index contributed by atoms with van der Waals surface area (Å²) in [6, 6.07) is 6.00. The van der Waals surface area contributed by atoms with Crippen LogP contribution in [-0.2, 0) is 16.6 Å². The van der Waals surface area contributed by atoms with Gasteiger partial charge in [-0.2, -0.15) is 4.31 Å². The van der Waals surface area contributed by atoms with E-state index in [-0.39, 0.29) is 18.0 Å². The number of aromatic nitrogens is 1. The Morgan fingerprint density at radius 3 is 2.46 bits per heavy atom. The molecule has 1 aliphatic heterocycles. The molecule has 1 saturated heterocycles. The van der Waals surface area contributed by atoms with Crippen LogP contribution in [0.3, 0.4) is 0 Å². The zero-order chi connectivity index (χ0) is 19.7. The van der Waals surface area contributed by atoms with E-state index >= 15 is 0 Å². The Morgan fingerprint density at radius 1 is 1.11 bits per heavy atom. The summed E-state index contributed by atoms with van der Waals surface area (Å²) in [5.41, 5.74) is 0.889. The highest BCUT2D eigenvalue weighted by Gasteiger charge is 2.29. The van der Waals surface area contributed by atoms with Crippen LogP contribution in [0.25, 0.3) is 10.8 Å². The van der Waals surface area contributed by atoms with Gasteiger partial charge in [0.15, 0.2) is 10.8 Å². The van der Waals surface area contributed by atoms with Gasteiger partial charge < -0.3 is 4.42 Å². The Morgan fingerprint density at radius 2 is 1.82 bits per heavy atom. The van der Waals surface area contributed by atoms with Gasteiger partial charge in [-0.15, -0.1) is 11.3 Å². The van der Waals surface area contributed by atoms with E-state index in [2.05, 4.69) is 9.88 Å². The van der Waals surface area contributed by atoms with Gasteiger partial charge in [-0.1, -0.05) is 0 Å². The van der Waals surface area contributed by atoms with Crippen molar-refractivity contribution in [3.8, 4) is 10.8 Å². The Kier molecular flexibility index (Phi) is 5.28. The third-order valence-electron chi connectivity index (χ3n) is 4.47. The van der Waals surface area contributed by atoms with Gasteiger partial charge in [0.25, 0.3) is 0 Å². The molecule has 0 saturated carbocycles. The summed E-state index contributed by atoms with van der Waals surface area (Å²) in [7, 11) is -3.93. The first-order chi connectivity index (χ1) is 13.4. The molecular weight excluding hydrogens is 408 g/mol. The fraction of sp³-hybridized carbons (Fsp3) is 0.278. The zero-order valence-electron chi connectivity index (χ0n) is 14.7. The summed E-state index contributed by atoms with van der Waals surface area (Å²) in [5.74, 6) is -1.10. The van der Waals surface area contributed by atoms with Crippen LogP contribution in [0.5, 0.6) is 0 Å². The lowest BCUT2D eigenvalue weighted by molar-refractivity contribution is 0.180. The minimum atomic E-state index is -3.93. The maximum atomic E-state index is 13.4. The SMILES string of the molecule is O=S(=O)(c1cc(F)cc(F)c1)N1CCN(Cc2csc(-c3ccco3)n2)CC1. The predicted molar refractivity (Wildman–Crippen MR) is 100 cm³/mol. The third-order valence-corrected chi connectivity index (χ3v) is 7.26. The second kappa shape index (κ2) is 7.70. The lowest BCUT2D eigenvalue weighted by Crippen LogP contribution is -2.48. The van der Waals surface area contributed by atoms with E-state index in [1.807, 2.05) is 11.4 Å². The molecule has 0 unspecified atom stereocenters. The van der Waals surface area contributed by atoms with Gasteiger partial charge in [0.2, 0.25) is 10.0 Å². The molecule has 0 amide bonds. The number of furan rings is 1. The average molecular weight is 425 g/mol. The molecular formula is C18H17F2N3O3S2. The van der Waals surface area contributed by atoms with E-state index in [0.29, 0.717) is 25.7 Å². The molecule has 0 aliphatic carbocycles. The van der Waals surface area contributed by atoms with Gasteiger partial charge >= 0.3 is 0 Å². The summed E-state index contributed by atoms with van der Waals surface area (Å²) in [5, 5.41) is 2.76. The number of hydrogen-bond donors (Lipinski definition) is 0. The second-order valence-corrected chi connectivity index (χ2v) is 9.20. The predicted octanol–water partition coefficient (Wildman–Crippen LogP) is 3.19. The number of nitrogens with zero attached hydrogens (tertiary/aromatic N) is 3. The third kappa shape index (κ3) is 4.00. The lowest BCUT2D eigenvalue weighted by atomic mass is 10.3. The molecule has 148 valence electrons. The van der Waals surface area contributed by atoms with E-state index in [0.717, 1.165) is 28.6 Å². The molecule has 2 aromatic heterocycles. The van der Waals surface area contributed by atoms with Crippen LogP contribution < -0.4 is 0 Å². The van der Waals surface area contributed by atoms with Crippen molar-refractivity contribution in [1.29, 1.82) is 0 Å². The number of piperazine rings is 1. The Labute approximate surface area is 165 Å². The van der Waals surface area contributed by atoms with Crippen LogP contribution in [0.4, 0.5) is 8.78 Å². The topological polar surface area (TPSA) is 66.7 Å². The number of benzene rings is 1. The van der Waals surface area contributed by atoms with Crippen LogP contribution in [0.1, 0.15) is 5.69 Å². The van der Waals surface area contributed by atoms with Crippen molar-refractivity contribution < 1.29 is 21.6 Å². The largest absolute Gasteiger partial charge is 0.462 e. The van der Waals surface area contributed by atoms with E-state index < -0.39 is 21.7 Å². The first kappa shape index (κ1) is 19.2. The maximum Gasteiger partial charge on any atom is 0.243 e. The van der Waals surface area contributed by atoms with E-state index in [1.165, 1.54) is 15.6 Å². The number of rotatable bonds is 5. The number of sulfonamides is 1. The number of halogens is 2. The monoisotopic (exact) mass is 425 g/mol. The minimum Gasteiger partial charge on any atom is -0.462 e. The highest BCUT2D eigenvalue weighted by atomic mass is 32.2. The molecule has 1 aromatic carbocycles. The van der Waals surface area contributed by atoms with Crippen LogP contribution in [-0.4, -0.2) is 48.8 Å². The summed E-state index contributed by atoms with van der Waals surface area (Å²) in [6.45, 7) is 2.10. The Balaban J connectivity index is 1.39. The molecule has 0 atom stereocenters. The molecule has 0 spiro atoms. The van der Waals surface area contributed by atoms with E-state index in [9.17, 15) is 17.2 Å². The molecule has 0 radical (unpaired) electrons. The van der Waals surface area contributed by atoms with Crippen molar-refractivity contribution in [2.75, 3.05) is 26.2 Å². The molecule has 1 aliphatic rings. The van der Waals surface area contributed by atoms with Gasteiger partial charge in [-0.3, -0.25) is 4.90 Å². The first-order valence-electron chi connectivity index (χ1n) is 8.59. The number of thiazole rings is 1. The van der Waals surface area contributed by atoms with Crippen molar-refractivity contribution in [2.45, 2.75) is 11.4 Å². The molecule has 3 heterocycles. The molecule has 0 bridgehead atoms. The van der Waals surface area contributed by atoms with Gasteiger partial charge in [0.05, 0.1) is 16.9 Å². The Hall–Kier alpha value is -2.14. The van der Waals surface area contributed by atoms with Crippen molar-refractivity contribution >= 4 is 21.4 Å². The van der Waals surface area contributed by atoms with Crippen molar-refractivity contribution in [1.82, 2.24) is 14.2 Å². The highest BCUT2D eigenvalue weighted by molar-refractivity contribution is 7.89. The number of hydrogen-bond acceptors (Lipinski definition) is 6. The minimum absolute atomic E-state index is 0.246. The average Bonchev–Trinajstić information content (AvgIpc) is 3.33. The molecule has 4 rings (SSSR count). The Bertz CT molecular complexity index is 1040. The molecule has 28 heavy (non-hydrogen) atoms. The fourth-order valence-electron chi connectivity index (χ4n) is 3.08.